The minimum Gasteiger partial charge on any atom is -0.310 e. The van der Waals surface area contributed by atoms with Crippen LogP contribution < -0.4 is 5.32 Å². The topological polar surface area (TPSA) is 29.9 Å². The van der Waals surface area contributed by atoms with E-state index in [-0.39, 0.29) is 0 Å². The third kappa shape index (κ3) is 2.89. The molecular formula is C14H25N3. The predicted molar refractivity (Wildman–Crippen MR) is 71.1 cm³/mol. The molecule has 0 aliphatic heterocycles. The zero-order valence-electron chi connectivity index (χ0n) is 11.6. The normalized spacial score (nSPS) is 17.4. The summed E-state index contributed by atoms with van der Waals surface area (Å²) < 4.78 is 2.10. The lowest BCUT2D eigenvalue weighted by Gasteiger charge is -2.14. The van der Waals surface area contributed by atoms with E-state index < -0.39 is 0 Å². The van der Waals surface area contributed by atoms with Gasteiger partial charge in [-0.2, -0.15) is 5.10 Å². The van der Waals surface area contributed by atoms with Crippen LogP contribution in [0.4, 0.5) is 0 Å². The van der Waals surface area contributed by atoms with Crippen LogP contribution in [0.15, 0.2) is 0 Å². The van der Waals surface area contributed by atoms with Crippen LogP contribution in [-0.4, -0.2) is 16.3 Å². The van der Waals surface area contributed by atoms with Gasteiger partial charge in [-0.25, -0.2) is 0 Å². The molecule has 0 amide bonds. The van der Waals surface area contributed by atoms with Crippen molar-refractivity contribution in [2.75, 3.05) is 6.54 Å². The van der Waals surface area contributed by atoms with E-state index in [2.05, 4.69) is 42.8 Å². The molecule has 0 spiro atoms. The van der Waals surface area contributed by atoms with Crippen LogP contribution in [-0.2, 0) is 6.54 Å². The van der Waals surface area contributed by atoms with Crippen LogP contribution in [0.2, 0.25) is 0 Å². The Morgan fingerprint density at radius 1 is 1.41 bits per heavy atom. The van der Waals surface area contributed by atoms with Gasteiger partial charge in [0.15, 0.2) is 0 Å². The summed E-state index contributed by atoms with van der Waals surface area (Å²) in [6, 6.07) is 0.425. The van der Waals surface area contributed by atoms with Gasteiger partial charge in [-0.15, -0.1) is 0 Å². The molecule has 1 atom stereocenters. The van der Waals surface area contributed by atoms with Crippen molar-refractivity contribution in [1.29, 1.82) is 0 Å². The zero-order chi connectivity index (χ0) is 12.4. The van der Waals surface area contributed by atoms with Gasteiger partial charge in [0.1, 0.15) is 0 Å². The molecule has 1 N–H and O–H groups in total. The minimum atomic E-state index is 0.425. The molecule has 0 radical (unpaired) electrons. The smallest absolute Gasteiger partial charge is 0.0644 e. The van der Waals surface area contributed by atoms with Gasteiger partial charge in [-0.3, -0.25) is 4.68 Å². The maximum atomic E-state index is 4.58. The molecule has 1 aliphatic carbocycles. The second kappa shape index (κ2) is 5.21. The van der Waals surface area contributed by atoms with Crippen molar-refractivity contribution in [1.82, 2.24) is 15.1 Å². The van der Waals surface area contributed by atoms with Gasteiger partial charge in [0.25, 0.3) is 0 Å². The van der Waals surface area contributed by atoms with Gasteiger partial charge in [0, 0.05) is 23.8 Å². The second-order valence-corrected chi connectivity index (χ2v) is 5.31. The molecule has 3 nitrogen and oxygen atoms in total. The molecule has 1 aromatic heterocycles. The second-order valence-electron chi connectivity index (χ2n) is 5.31. The van der Waals surface area contributed by atoms with Gasteiger partial charge in [-0.1, -0.05) is 12.8 Å². The SMILES string of the molecule is CCn1nc(C)c(C(C)NCCC2CC2)c1C. The first kappa shape index (κ1) is 12.6. The predicted octanol–water partition coefficient (Wildman–Crippen LogP) is 2.97. The monoisotopic (exact) mass is 235 g/mol. The molecule has 3 heteroatoms. The van der Waals surface area contributed by atoms with Crippen molar-refractivity contribution in [3.63, 3.8) is 0 Å². The van der Waals surface area contributed by atoms with Gasteiger partial charge in [0.2, 0.25) is 0 Å². The highest BCUT2D eigenvalue weighted by atomic mass is 15.3. The van der Waals surface area contributed by atoms with E-state index in [0.717, 1.165) is 19.0 Å². The van der Waals surface area contributed by atoms with Crippen LogP contribution in [0.1, 0.15) is 56.1 Å². The number of hydrogen-bond acceptors (Lipinski definition) is 2. The Labute approximate surface area is 105 Å². The first-order valence-electron chi connectivity index (χ1n) is 6.90. The quantitative estimate of drug-likeness (QED) is 0.821. The van der Waals surface area contributed by atoms with E-state index >= 15 is 0 Å². The molecule has 1 fully saturated rings. The number of hydrogen-bond donors (Lipinski definition) is 1. The average Bonchev–Trinajstić information content (AvgIpc) is 3.05. The Balaban J connectivity index is 1.96. The lowest BCUT2D eigenvalue weighted by molar-refractivity contribution is 0.535. The Kier molecular flexibility index (Phi) is 3.87. The van der Waals surface area contributed by atoms with E-state index in [0.29, 0.717) is 6.04 Å². The Bertz CT molecular complexity index is 377. The van der Waals surface area contributed by atoms with Crippen molar-refractivity contribution in [2.45, 2.75) is 59.5 Å². The van der Waals surface area contributed by atoms with Crippen LogP contribution in [0, 0.1) is 19.8 Å². The summed E-state index contributed by atoms with van der Waals surface area (Å²) in [5.74, 6) is 1.01. The fraction of sp³-hybridized carbons (Fsp3) is 0.786. The molecule has 2 rings (SSSR count). The van der Waals surface area contributed by atoms with Gasteiger partial charge >= 0.3 is 0 Å². The minimum absolute atomic E-state index is 0.425. The number of nitrogens with zero attached hydrogens (tertiary/aromatic N) is 2. The van der Waals surface area contributed by atoms with Crippen molar-refractivity contribution < 1.29 is 0 Å². The largest absolute Gasteiger partial charge is 0.310 e. The molecule has 17 heavy (non-hydrogen) atoms. The number of rotatable bonds is 6. The number of aromatic nitrogens is 2. The summed E-state index contributed by atoms with van der Waals surface area (Å²) in [6.07, 6.45) is 4.23. The third-order valence-electron chi connectivity index (χ3n) is 3.87. The van der Waals surface area contributed by atoms with Crippen LogP contribution >= 0.6 is 0 Å². The van der Waals surface area contributed by atoms with Crippen molar-refractivity contribution in [3.8, 4) is 0 Å². The summed E-state index contributed by atoms with van der Waals surface area (Å²) in [7, 11) is 0. The molecule has 0 bridgehead atoms. The summed E-state index contributed by atoms with van der Waals surface area (Å²) in [4.78, 5) is 0. The first-order chi connectivity index (χ1) is 8.13. The fourth-order valence-corrected chi connectivity index (χ4v) is 2.66. The maximum Gasteiger partial charge on any atom is 0.0644 e. The highest BCUT2D eigenvalue weighted by Gasteiger charge is 2.21. The van der Waals surface area contributed by atoms with Crippen molar-refractivity contribution in [3.05, 3.63) is 17.0 Å². The van der Waals surface area contributed by atoms with Crippen molar-refractivity contribution >= 4 is 0 Å². The first-order valence-corrected chi connectivity index (χ1v) is 6.90. The molecule has 1 aliphatic rings. The number of nitrogens with one attached hydrogen (secondary N) is 1. The molecule has 0 aromatic carbocycles. The zero-order valence-corrected chi connectivity index (χ0v) is 11.6. The molecule has 1 aromatic rings. The highest BCUT2D eigenvalue weighted by molar-refractivity contribution is 5.27. The summed E-state index contributed by atoms with van der Waals surface area (Å²) >= 11 is 0. The van der Waals surface area contributed by atoms with Crippen LogP contribution in [0.5, 0.6) is 0 Å². The van der Waals surface area contributed by atoms with E-state index in [1.165, 1.54) is 36.2 Å². The molecule has 1 unspecified atom stereocenters. The van der Waals surface area contributed by atoms with Crippen LogP contribution in [0.3, 0.4) is 0 Å². The van der Waals surface area contributed by atoms with Gasteiger partial charge < -0.3 is 5.32 Å². The summed E-state index contributed by atoms with van der Waals surface area (Å²) in [5.41, 5.74) is 3.88. The number of aryl methyl sites for hydroxylation is 2. The lowest BCUT2D eigenvalue weighted by Crippen LogP contribution is -2.21. The molecule has 0 saturated heterocycles. The Hall–Kier alpha value is -0.830. The Morgan fingerprint density at radius 2 is 2.12 bits per heavy atom. The molecule has 1 saturated carbocycles. The molecule has 1 heterocycles. The maximum absolute atomic E-state index is 4.58. The lowest BCUT2D eigenvalue weighted by atomic mass is 10.1. The summed E-state index contributed by atoms with van der Waals surface area (Å²) in [6.45, 7) is 10.8. The van der Waals surface area contributed by atoms with Gasteiger partial charge in [0.05, 0.1) is 5.69 Å². The molecule has 96 valence electrons. The molecular weight excluding hydrogens is 210 g/mol. The van der Waals surface area contributed by atoms with E-state index in [4.69, 9.17) is 0 Å². The third-order valence-corrected chi connectivity index (χ3v) is 3.87. The Morgan fingerprint density at radius 3 is 2.65 bits per heavy atom. The van der Waals surface area contributed by atoms with Gasteiger partial charge in [-0.05, 0) is 46.6 Å². The average molecular weight is 235 g/mol. The van der Waals surface area contributed by atoms with E-state index in [9.17, 15) is 0 Å². The van der Waals surface area contributed by atoms with Crippen molar-refractivity contribution in [2.24, 2.45) is 5.92 Å². The van der Waals surface area contributed by atoms with E-state index in [1.54, 1.807) is 0 Å². The fourth-order valence-electron chi connectivity index (χ4n) is 2.66. The van der Waals surface area contributed by atoms with Crippen LogP contribution in [0.25, 0.3) is 0 Å². The summed E-state index contributed by atoms with van der Waals surface area (Å²) in [5, 5.41) is 8.22. The highest BCUT2D eigenvalue weighted by Crippen LogP contribution is 2.32. The standard InChI is InChI=1S/C14H25N3/c1-5-17-12(4)14(11(3)16-17)10(2)15-9-8-13-6-7-13/h10,13,15H,5-9H2,1-4H3. The van der Waals surface area contributed by atoms with E-state index in [1.807, 2.05) is 0 Å².